The number of nitrogens with one attached hydrogen (secondary N) is 2. The van der Waals surface area contributed by atoms with E-state index in [1.807, 2.05) is 0 Å². The van der Waals surface area contributed by atoms with E-state index < -0.39 is 0 Å². The van der Waals surface area contributed by atoms with E-state index in [1.165, 1.54) is 32.4 Å². The molecule has 5 nitrogen and oxygen atoms in total. The summed E-state index contributed by atoms with van der Waals surface area (Å²) in [5.41, 5.74) is 0. The Kier molecular flexibility index (Phi) is 7.30. The van der Waals surface area contributed by atoms with Gasteiger partial charge in [-0.05, 0) is 64.4 Å². The molecule has 1 fully saturated rings. The van der Waals surface area contributed by atoms with Gasteiger partial charge in [0, 0.05) is 38.6 Å². The molecule has 0 radical (unpaired) electrons. The summed E-state index contributed by atoms with van der Waals surface area (Å²) >= 11 is 0. The minimum Gasteiger partial charge on any atom is -0.357 e. The van der Waals surface area contributed by atoms with Crippen molar-refractivity contribution in [3.63, 3.8) is 0 Å². The Balaban J connectivity index is 1.67. The fourth-order valence-corrected chi connectivity index (χ4v) is 2.87. The monoisotopic (exact) mass is 305 g/mol. The first-order valence-corrected chi connectivity index (χ1v) is 8.59. The molecule has 0 amide bonds. The molecule has 1 aromatic heterocycles. The van der Waals surface area contributed by atoms with E-state index in [0.717, 1.165) is 38.1 Å². The molecule has 0 unspecified atom stereocenters. The number of rotatable bonds is 7. The summed E-state index contributed by atoms with van der Waals surface area (Å²) < 4.78 is 2.18. The molecule has 2 heterocycles. The predicted octanol–water partition coefficient (Wildman–Crippen LogP) is 1.78. The van der Waals surface area contributed by atoms with Gasteiger partial charge in [0.15, 0.2) is 5.96 Å². The number of aliphatic imine (C=N–C) groups is 1. The lowest BCUT2D eigenvalue weighted by molar-refractivity contribution is 0.214. The summed E-state index contributed by atoms with van der Waals surface area (Å²) in [6.45, 7) is 8.28. The number of likely N-dealkylation sites (tertiary alicyclic amines) is 1. The van der Waals surface area contributed by atoms with Crippen LogP contribution in [0.2, 0.25) is 0 Å². The normalized spacial score (nSPS) is 17.6. The van der Waals surface area contributed by atoms with Crippen molar-refractivity contribution in [1.82, 2.24) is 20.1 Å². The summed E-state index contributed by atoms with van der Waals surface area (Å²) in [5, 5.41) is 6.74. The number of piperidine rings is 1. The minimum absolute atomic E-state index is 0.850. The number of aromatic nitrogens is 1. The Labute approximate surface area is 134 Å². The third-order valence-electron chi connectivity index (χ3n) is 4.32. The van der Waals surface area contributed by atoms with Gasteiger partial charge in [0.2, 0.25) is 0 Å². The molecule has 0 atom stereocenters. The highest BCUT2D eigenvalue weighted by atomic mass is 15.2. The van der Waals surface area contributed by atoms with Crippen LogP contribution in [0.5, 0.6) is 0 Å². The highest BCUT2D eigenvalue weighted by Crippen LogP contribution is 2.19. The SMILES string of the molecule is CCNC(=NCCC1CCN(C)CC1)NCCn1cccc1. The van der Waals surface area contributed by atoms with E-state index in [2.05, 4.69) is 58.6 Å². The van der Waals surface area contributed by atoms with Crippen LogP contribution in [0.1, 0.15) is 26.2 Å². The fraction of sp³-hybridized carbons (Fsp3) is 0.706. The molecule has 0 saturated carbocycles. The molecule has 1 saturated heterocycles. The first kappa shape index (κ1) is 16.9. The van der Waals surface area contributed by atoms with Gasteiger partial charge in [-0.15, -0.1) is 0 Å². The molecule has 0 aliphatic carbocycles. The van der Waals surface area contributed by atoms with Crippen molar-refractivity contribution in [2.75, 3.05) is 39.8 Å². The van der Waals surface area contributed by atoms with Gasteiger partial charge >= 0.3 is 0 Å². The van der Waals surface area contributed by atoms with Gasteiger partial charge in [-0.3, -0.25) is 4.99 Å². The lowest BCUT2D eigenvalue weighted by Crippen LogP contribution is -2.39. The lowest BCUT2D eigenvalue weighted by Gasteiger charge is -2.28. The van der Waals surface area contributed by atoms with Crippen LogP contribution in [0.4, 0.5) is 0 Å². The molecule has 0 bridgehead atoms. The van der Waals surface area contributed by atoms with Gasteiger partial charge in [0.05, 0.1) is 0 Å². The Morgan fingerprint density at radius 2 is 1.91 bits per heavy atom. The van der Waals surface area contributed by atoms with Crippen LogP contribution in [0.3, 0.4) is 0 Å². The van der Waals surface area contributed by atoms with Crippen molar-refractivity contribution in [3.8, 4) is 0 Å². The Morgan fingerprint density at radius 3 is 2.59 bits per heavy atom. The highest BCUT2D eigenvalue weighted by Gasteiger charge is 2.15. The third-order valence-corrected chi connectivity index (χ3v) is 4.32. The zero-order valence-corrected chi connectivity index (χ0v) is 14.1. The number of hydrogen-bond donors (Lipinski definition) is 2. The molecular formula is C17H31N5. The van der Waals surface area contributed by atoms with Crippen LogP contribution >= 0.6 is 0 Å². The Hall–Kier alpha value is -1.49. The van der Waals surface area contributed by atoms with Crippen molar-refractivity contribution >= 4 is 5.96 Å². The molecule has 0 spiro atoms. The molecular weight excluding hydrogens is 274 g/mol. The Bertz CT molecular complexity index is 418. The first-order valence-electron chi connectivity index (χ1n) is 8.59. The standard InChI is InChI=1S/C17H31N5/c1-3-18-17(20-10-15-22-11-4-5-12-22)19-9-6-16-7-13-21(2)14-8-16/h4-5,11-12,16H,3,6-10,13-15H2,1-2H3,(H2,18,19,20). The van der Waals surface area contributed by atoms with Crippen LogP contribution < -0.4 is 10.6 Å². The summed E-state index contributed by atoms with van der Waals surface area (Å²) in [6.07, 6.45) is 8.03. The molecule has 1 aliphatic rings. The average Bonchev–Trinajstić information content (AvgIpc) is 3.02. The van der Waals surface area contributed by atoms with Gasteiger partial charge in [-0.1, -0.05) is 0 Å². The second-order valence-corrected chi connectivity index (χ2v) is 6.14. The lowest BCUT2D eigenvalue weighted by atomic mass is 9.94. The van der Waals surface area contributed by atoms with Gasteiger partial charge < -0.3 is 20.1 Å². The van der Waals surface area contributed by atoms with Crippen molar-refractivity contribution in [1.29, 1.82) is 0 Å². The highest BCUT2D eigenvalue weighted by molar-refractivity contribution is 5.79. The van der Waals surface area contributed by atoms with Crippen LogP contribution in [0, 0.1) is 5.92 Å². The van der Waals surface area contributed by atoms with Gasteiger partial charge in [-0.2, -0.15) is 0 Å². The molecule has 2 N–H and O–H groups in total. The summed E-state index contributed by atoms with van der Waals surface area (Å²) in [5.74, 6) is 1.80. The van der Waals surface area contributed by atoms with Crippen molar-refractivity contribution in [2.45, 2.75) is 32.7 Å². The maximum absolute atomic E-state index is 4.72. The predicted molar refractivity (Wildman–Crippen MR) is 93.3 cm³/mol. The number of hydrogen-bond acceptors (Lipinski definition) is 2. The van der Waals surface area contributed by atoms with E-state index >= 15 is 0 Å². The molecule has 0 aromatic carbocycles. The van der Waals surface area contributed by atoms with E-state index in [4.69, 9.17) is 4.99 Å². The van der Waals surface area contributed by atoms with Gasteiger partial charge in [0.25, 0.3) is 0 Å². The molecule has 5 heteroatoms. The summed E-state index contributed by atoms with van der Waals surface area (Å²) in [7, 11) is 2.21. The number of guanidine groups is 1. The van der Waals surface area contributed by atoms with Gasteiger partial charge in [0.1, 0.15) is 0 Å². The maximum atomic E-state index is 4.72. The van der Waals surface area contributed by atoms with Gasteiger partial charge in [-0.25, -0.2) is 0 Å². The summed E-state index contributed by atoms with van der Waals surface area (Å²) in [4.78, 5) is 7.14. The third kappa shape index (κ3) is 6.10. The zero-order valence-electron chi connectivity index (χ0n) is 14.1. The van der Waals surface area contributed by atoms with Crippen LogP contribution in [0.15, 0.2) is 29.5 Å². The van der Waals surface area contributed by atoms with Crippen LogP contribution in [0.25, 0.3) is 0 Å². The zero-order chi connectivity index (χ0) is 15.6. The van der Waals surface area contributed by atoms with E-state index in [-0.39, 0.29) is 0 Å². The maximum Gasteiger partial charge on any atom is 0.191 e. The van der Waals surface area contributed by atoms with E-state index in [1.54, 1.807) is 0 Å². The quantitative estimate of drug-likeness (QED) is 0.596. The second kappa shape index (κ2) is 9.51. The molecule has 1 aliphatic heterocycles. The number of nitrogens with zero attached hydrogens (tertiary/aromatic N) is 3. The van der Waals surface area contributed by atoms with Crippen LogP contribution in [-0.4, -0.2) is 55.2 Å². The smallest absolute Gasteiger partial charge is 0.191 e. The minimum atomic E-state index is 0.850. The van der Waals surface area contributed by atoms with Crippen molar-refractivity contribution < 1.29 is 0 Å². The average molecular weight is 305 g/mol. The van der Waals surface area contributed by atoms with E-state index in [0.29, 0.717) is 0 Å². The van der Waals surface area contributed by atoms with Crippen molar-refractivity contribution in [3.05, 3.63) is 24.5 Å². The molecule has 124 valence electrons. The topological polar surface area (TPSA) is 44.6 Å². The largest absolute Gasteiger partial charge is 0.357 e. The molecule has 1 aromatic rings. The molecule has 22 heavy (non-hydrogen) atoms. The van der Waals surface area contributed by atoms with Crippen molar-refractivity contribution in [2.24, 2.45) is 10.9 Å². The first-order chi connectivity index (χ1) is 10.8. The summed E-state index contributed by atoms with van der Waals surface area (Å²) in [6, 6.07) is 4.11. The Morgan fingerprint density at radius 1 is 1.18 bits per heavy atom. The molecule has 2 rings (SSSR count). The van der Waals surface area contributed by atoms with Crippen LogP contribution in [-0.2, 0) is 6.54 Å². The fourth-order valence-electron chi connectivity index (χ4n) is 2.87. The van der Waals surface area contributed by atoms with E-state index in [9.17, 15) is 0 Å². The second-order valence-electron chi connectivity index (χ2n) is 6.14.